The lowest BCUT2D eigenvalue weighted by atomic mass is 9.78. The summed E-state index contributed by atoms with van der Waals surface area (Å²) in [5.41, 5.74) is 0.746. The average Bonchev–Trinajstić information content (AvgIpc) is 3.32. The first-order chi connectivity index (χ1) is 17.2. The van der Waals surface area contributed by atoms with Crippen molar-refractivity contribution in [2.24, 2.45) is 0 Å². The zero-order chi connectivity index (χ0) is 25.6. The summed E-state index contributed by atoms with van der Waals surface area (Å²) in [7, 11) is 0. The van der Waals surface area contributed by atoms with Crippen molar-refractivity contribution in [3.8, 4) is 5.75 Å². The first-order valence-corrected chi connectivity index (χ1v) is 11.6. The molecule has 2 N–H and O–H groups in total. The van der Waals surface area contributed by atoms with Gasteiger partial charge in [0, 0.05) is 34.3 Å². The predicted octanol–water partition coefficient (Wildman–Crippen LogP) is 4.40. The van der Waals surface area contributed by atoms with Gasteiger partial charge in [-0.2, -0.15) is 0 Å². The first-order valence-electron chi connectivity index (χ1n) is 11.2. The molecule has 2 aliphatic rings. The molecule has 1 fully saturated rings. The number of rotatable bonds is 6. The van der Waals surface area contributed by atoms with Crippen molar-refractivity contribution in [2.45, 2.75) is 37.1 Å². The molecule has 1 spiro atoms. The molecular weight excluding hydrogens is 488 g/mol. The van der Waals surface area contributed by atoms with Gasteiger partial charge < -0.3 is 10.1 Å². The molecule has 3 aromatic rings. The van der Waals surface area contributed by atoms with Crippen LogP contribution < -0.4 is 15.4 Å². The van der Waals surface area contributed by atoms with Crippen LogP contribution in [0.3, 0.4) is 0 Å². The highest BCUT2D eigenvalue weighted by atomic mass is 35.5. The normalized spacial score (nSPS) is 24.4. The van der Waals surface area contributed by atoms with Crippen molar-refractivity contribution < 1.29 is 19.4 Å². The number of nitro groups is 2. The van der Waals surface area contributed by atoms with E-state index < -0.39 is 39.3 Å². The highest BCUT2D eigenvalue weighted by molar-refractivity contribution is 6.32. The lowest BCUT2D eigenvalue weighted by Crippen LogP contribution is -2.54. The Bertz CT molecular complexity index is 1400. The molecule has 1 saturated heterocycles. The van der Waals surface area contributed by atoms with Gasteiger partial charge in [0.25, 0.3) is 17.6 Å². The second-order valence-corrected chi connectivity index (χ2v) is 9.31. The third kappa shape index (κ3) is 3.75. The molecule has 184 valence electrons. The van der Waals surface area contributed by atoms with Crippen molar-refractivity contribution >= 4 is 28.9 Å². The first kappa shape index (κ1) is 23.7. The van der Waals surface area contributed by atoms with E-state index >= 15 is 0 Å². The van der Waals surface area contributed by atoms with Crippen LogP contribution in [0.15, 0.2) is 66.7 Å². The molecular formula is C25H21ClN4O6. The summed E-state index contributed by atoms with van der Waals surface area (Å²) >= 11 is 6.49. The summed E-state index contributed by atoms with van der Waals surface area (Å²) in [4.78, 5) is 35.7. The Kier molecular flexibility index (Phi) is 5.85. The number of benzene rings is 3. The molecule has 2 heterocycles. The standard InChI is InChI=1S/C25H21ClN4O6/c1-14-22(23(30(34)35)25(28-14)18-7-2-3-8-20(18)27-24(25)31)16-9-10-21(19(26)12-16)36-13-15-5-4-6-17(11-15)29(32)33/h2-12,14,22-23,28H,13H2,1H3,(H,27,31)/t14-,22+,23+,25-/m0/s1. The summed E-state index contributed by atoms with van der Waals surface area (Å²) in [6, 6.07) is 16.3. The predicted molar refractivity (Wildman–Crippen MR) is 132 cm³/mol. The van der Waals surface area contributed by atoms with E-state index in [0.29, 0.717) is 28.1 Å². The number of para-hydroxylation sites is 1. The van der Waals surface area contributed by atoms with E-state index in [-0.39, 0.29) is 17.3 Å². The zero-order valence-electron chi connectivity index (χ0n) is 19.0. The summed E-state index contributed by atoms with van der Waals surface area (Å²) < 4.78 is 5.77. The molecule has 0 radical (unpaired) electrons. The summed E-state index contributed by atoms with van der Waals surface area (Å²) in [6.45, 7) is 1.87. The van der Waals surface area contributed by atoms with Gasteiger partial charge >= 0.3 is 0 Å². The van der Waals surface area contributed by atoms with Crippen LogP contribution in [-0.2, 0) is 16.9 Å². The second kappa shape index (κ2) is 8.89. The van der Waals surface area contributed by atoms with Gasteiger partial charge in [0.1, 0.15) is 12.4 Å². The van der Waals surface area contributed by atoms with E-state index in [2.05, 4.69) is 10.6 Å². The fourth-order valence-corrected chi connectivity index (χ4v) is 5.56. The molecule has 36 heavy (non-hydrogen) atoms. The minimum Gasteiger partial charge on any atom is -0.487 e. The lowest BCUT2D eigenvalue weighted by molar-refractivity contribution is -0.532. The number of carbonyl (C=O) groups is 1. The molecule has 5 rings (SSSR count). The van der Waals surface area contributed by atoms with Gasteiger partial charge in [0.2, 0.25) is 0 Å². The van der Waals surface area contributed by atoms with Crippen LogP contribution in [-0.4, -0.2) is 27.8 Å². The van der Waals surface area contributed by atoms with Gasteiger partial charge in [0.05, 0.1) is 15.9 Å². The lowest BCUT2D eigenvalue weighted by Gasteiger charge is -2.25. The van der Waals surface area contributed by atoms with Crippen LogP contribution in [0.25, 0.3) is 0 Å². The van der Waals surface area contributed by atoms with Crippen LogP contribution >= 0.6 is 11.6 Å². The van der Waals surface area contributed by atoms with E-state index in [4.69, 9.17) is 16.3 Å². The van der Waals surface area contributed by atoms with E-state index in [1.54, 1.807) is 54.6 Å². The fourth-order valence-electron chi connectivity index (χ4n) is 5.32. The van der Waals surface area contributed by atoms with E-state index in [9.17, 15) is 25.0 Å². The molecule has 0 saturated carbocycles. The average molecular weight is 509 g/mol. The van der Waals surface area contributed by atoms with E-state index in [0.717, 1.165) is 0 Å². The summed E-state index contributed by atoms with van der Waals surface area (Å²) in [5, 5.41) is 29.7. The Morgan fingerprint density at radius 2 is 1.83 bits per heavy atom. The molecule has 0 aromatic heterocycles. The number of non-ortho nitro benzene ring substituents is 1. The van der Waals surface area contributed by atoms with Crippen molar-refractivity contribution in [3.05, 3.63) is 109 Å². The van der Waals surface area contributed by atoms with Crippen molar-refractivity contribution in [3.63, 3.8) is 0 Å². The quantitative estimate of drug-likeness (QED) is 0.372. The van der Waals surface area contributed by atoms with E-state index in [1.165, 1.54) is 12.1 Å². The highest BCUT2D eigenvalue weighted by Gasteiger charge is 2.67. The number of anilines is 1. The van der Waals surface area contributed by atoms with Crippen molar-refractivity contribution in [1.82, 2.24) is 5.32 Å². The number of nitrogens with one attached hydrogen (secondary N) is 2. The van der Waals surface area contributed by atoms with Crippen LogP contribution in [0.4, 0.5) is 11.4 Å². The number of amides is 1. The number of fused-ring (bicyclic) bond motifs is 2. The van der Waals surface area contributed by atoms with Crippen LogP contribution in [0, 0.1) is 20.2 Å². The number of nitrogens with zero attached hydrogens (tertiary/aromatic N) is 2. The van der Waals surface area contributed by atoms with Crippen molar-refractivity contribution in [2.75, 3.05) is 5.32 Å². The fraction of sp³-hybridized carbons (Fsp3) is 0.240. The van der Waals surface area contributed by atoms with Gasteiger partial charge in [-0.1, -0.05) is 48.0 Å². The number of hydrogen-bond acceptors (Lipinski definition) is 7. The smallest absolute Gasteiger partial charge is 0.269 e. The molecule has 0 unspecified atom stereocenters. The minimum atomic E-state index is -1.51. The largest absolute Gasteiger partial charge is 0.487 e. The van der Waals surface area contributed by atoms with Gasteiger partial charge in [-0.25, -0.2) is 0 Å². The Balaban J connectivity index is 1.44. The Morgan fingerprint density at radius 3 is 2.56 bits per heavy atom. The van der Waals surface area contributed by atoms with Gasteiger partial charge in [-0.05, 0) is 36.2 Å². The number of carbonyl (C=O) groups excluding carboxylic acids is 1. The topological polar surface area (TPSA) is 137 Å². The maximum Gasteiger partial charge on any atom is 0.269 e. The maximum absolute atomic E-state index is 13.1. The SMILES string of the molecule is C[C@@H]1N[C@]2(C(=O)Nc3ccccc32)[C@H]([N+](=O)[O-])[C@H]1c1ccc(OCc2cccc([N+](=O)[O-])c2)c(Cl)c1. The maximum atomic E-state index is 13.1. The monoisotopic (exact) mass is 508 g/mol. The van der Waals surface area contributed by atoms with Crippen molar-refractivity contribution in [1.29, 1.82) is 0 Å². The third-order valence-electron chi connectivity index (χ3n) is 6.82. The van der Waals surface area contributed by atoms with Gasteiger partial charge in [0.15, 0.2) is 5.54 Å². The van der Waals surface area contributed by atoms with Crippen LogP contribution in [0.5, 0.6) is 5.75 Å². The van der Waals surface area contributed by atoms with Crippen LogP contribution in [0.2, 0.25) is 5.02 Å². The van der Waals surface area contributed by atoms with Crippen LogP contribution in [0.1, 0.15) is 29.5 Å². The Labute approximate surface area is 210 Å². The molecule has 0 aliphatic carbocycles. The Hall–Kier alpha value is -4.02. The molecule has 10 nitrogen and oxygen atoms in total. The molecule has 11 heteroatoms. The molecule has 2 aliphatic heterocycles. The minimum absolute atomic E-state index is 0.0439. The number of hydrogen-bond donors (Lipinski definition) is 2. The van der Waals surface area contributed by atoms with E-state index in [1.807, 2.05) is 6.92 Å². The number of halogens is 1. The molecule has 3 aromatic carbocycles. The summed E-state index contributed by atoms with van der Waals surface area (Å²) in [6.07, 6.45) is 0. The number of ether oxygens (including phenoxy) is 1. The Morgan fingerprint density at radius 1 is 1.06 bits per heavy atom. The van der Waals surface area contributed by atoms with Gasteiger partial charge in [-0.3, -0.25) is 30.3 Å². The zero-order valence-corrected chi connectivity index (χ0v) is 19.8. The molecule has 0 bridgehead atoms. The molecule has 1 amide bonds. The number of nitro benzene ring substituents is 1. The highest BCUT2D eigenvalue weighted by Crippen LogP contribution is 2.50. The molecule has 4 atom stereocenters. The van der Waals surface area contributed by atoms with Gasteiger partial charge in [-0.15, -0.1) is 0 Å². The summed E-state index contributed by atoms with van der Waals surface area (Å²) in [5.74, 6) is -0.773. The second-order valence-electron chi connectivity index (χ2n) is 8.90. The third-order valence-corrected chi connectivity index (χ3v) is 7.12.